The lowest BCUT2D eigenvalue weighted by molar-refractivity contribution is -0.139. The molecular weight excluding hydrogens is 324 g/mol. The summed E-state index contributed by atoms with van der Waals surface area (Å²) in [5, 5.41) is 10.8. The molecule has 1 aliphatic rings. The third-order valence-electron chi connectivity index (χ3n) is 4.36. The third kappa shape index (κ3) is 5.20. The maximum atomic E-state index is 12.4. The Morgan fingerprint density at radius 2 is 1.76 bits per heavy atom. The number of hydrogen-bond acceptors (Lipinski definition) is 4. The molecule has 0 radical (unpaired) electrons. The molecule has 2 N–H and O–H groups in total. The molecule has 7 nitrogen and oxygen atoms in total. The number of rotatable bonds is 6. The number of amides is 2. The van der Waals surface area contributed by atoms with Gasteiger partial charge in [0.1, 0.15) is 12.3 Å². The first-order chi connectivity index (χ1) is 11.9. The van der Waals surface area contributed by atoms with Crippen LogP contribution in [0.1, 0.15) is 43.5 Å². The zero-order chi connectivity index (χ0) is 18.4. The fourth-order valence-electron chi connectivity index (χ4n) is 3.09. The molecular formula is C18H24N2O5. The molecule has 136 valence electrons. The minimum atomic E-state index is -1.10. The predicted molar refractivity (Wildman–Crippen MR) is 91.5 cm³/mol. The van der Waals surface area contributed by atoms with Crippen LogP contribution in [0.2, 0.25) is 0 Å². The topological polar surface area (TPSA) is 95.9 Å². The molecule has 1 fully saturated rings. The number of carboxylic acid groups (broad SMARTS) is 1. The molecule has 0 bridgehead atoms. The van der Waals surface area contributed by atoms with Gasteiger partial charge in [0, 0.05) is 17.6 Å². The van der Waals surface area contributed by atoms with Crippen LogP contribution in [-0.2, 0) is 9.59 Å². The van der Waals surface area contributed by atoms with Gasteiger partial charge in [0.05, 0.1) is 0 Å². The fraction of sp³-hybridized carbons (Fsp3) is 0.500. The van der Waals surface area contributed by atoms with Crippen molar-refractivity contribution in [1.29, 1.82) is 0 Å². The van der Waals surface area contributed by atoms with Crippen LogP contribution in [0.15, 0.2) is 24.3 Å². The van der Waals surface area contributed by atoms with Crippen LogP contribution in [0, 0.1) is 0 Å². The van der Waals surface area contributed by atoms with Crippen molar-refractivity contribution in [2.75, 3.05) is 13.2 Å². The van der Waals surface area contributed by atoms with Gasteiger partial charge in [-0.3, -0.25) is 14.4 Å². The van der Waals surface area contributed by atoms with Crippen LogP contribution in [0.5, 0.6) is 5.75 Å². The molecule has 0 saturated carbocycles. The van der Waals surface area contributed by atoms with E-state index < -0.39 is 18.4 Å². The summed E-state index contributed by atoms with van der Waals surface area (Å²) < 4.78 is 5.53. The summed E-state index contributed by atoms with van der Waals surface area (Å²) in [6.45, 7) is 3.63. The molecule has 1 aromatic carbocycles. The summed E-state index contributed by atoms with van der Waals surface area (Å²) in [6, 6.07) is 6.69. The van der Waals surface area contributed by atoms with Gasteiger partial charge in [-0.05, 0) is 57.4 Å². The highest BCUT2D eigenvalue weighted by Crippen LogP contribution is 2.22. The average Bonchev–Trinajstić information content (AvgIpc) is 2.58. The van der Waals surface area contributed by atoms with Crippen LogP contribution >= 0.6 is 0 Å². The fourth-order valence-corrected chi connectivity index (χ4v) is 3.09. The molecule has 1 aliphatic heterocycles. The highest BCUT2D eigenvalue weighted by Gasteiger charge is 2.28. The number of nitrogens with one attached hydrogen (secondary N) is 1. The minimum absolute atomic E-state index is 0.0389. The number of carboxylic acids is 1. The Morgan fingerprint density at radius 1 is 1.16 bits per heavy atom. The summed E-state index contributed by atoms with van der Waals surface area (Å²) in [5.41, 5.74) is 0.332. The summed E-state index contributed by atoms with van der Waals surface area (Å²) in [7, 11) is 0. The number of piperidine rings is 1. The quantitative estimate of drug-likeness (QED) is 0.815. The number of nitrogens with zero attached hydrogens (tertiary/aromatic N) is 1. The second kappa shape index (κ2) is 8.50. The van der Waals surface area contributed by atoms with E-state index in [-0.39, 0.29) is 24.6 Å². The molecule has 2 atom stereocenters. The van der Waals surface area contributed by atoms with E-state index in [0.29, 0.717) is 11.3 Å². The Balaban J connectivity index is 1.87. The third-order valence-corrected chi connectivity index (χ3v) is 4.36. The molecule has 0 aliphatic carbocycles. The van der Waals surface area contributed by atoms with E-state index in [4.69, 9.17) is 9.84 Å². The van der Waals surface area contributed by atoms with Gasteiger partial charge >= 0.3 is 5.97 Å². The Labute approximate surface area is 147 Å². The van der Waals surface area contributed by atoms with Crippen molar-refractivity contribution in [2.24, 2.45) is 0 Å². The lowest BCUT2D eigenvalue weighted by Gasteiger charge is -2.38. The molecule has 0 spiro atoms. The van der Waals surface area contributed by atoms with Crippen LogP contribution in [-0.4, -0.2) is 53.0 Å². The number of ether oxygens (including phenoxy) is 1. The van der Waals surface area contributed by atoms with Crippen LogP contribution in [0.4, 0.5) is 0 Å². The van der Waals surface area contributed by atoms with Crippen molar-refractivity contribution in [1.82, 2.24) is 10.2 Å². The lowest BCUT2D eigenvalue weighted by atomic mass is 9.97. The van der Waals surface area contributed by atoms with Crippen molar-refractivity contribution in [3.63, 3.8) is 0 Å². The summed E-state index contributed by atoms with van der Waals surface area (Å²) in [6.07, 6.45) is 3.16. The molecule has 2 unspecified atom stereocenters. The summed E-state index contributed by atoms with van der Waals surface area (Å²) >= 11 is 0. The predicted octanol–water partition coefficient (Wildman–Crippen LogP) is 1.67. The average molecular weight is 348 g/mol. The molecule has 1 saturated heterocycles. The maximum absolute atomic E-state index is 12.4. The number of carbonyl (C=O) groups excluding carboxylic acids is 2. The van der Waals surface area contributed by atoms with Crippen LogP contribution in [0.3, 0.4) is 0 Å². The Kier molecular flexibility index (Phi) is 6.38. The van der Waals surface area contributed by atoms with Gasteiger partial charge in [-0.15, -0.1) is 0 Å². The number of carbonyl (C=O) groups is 3. The van der Waals surface area contributed by atoms with E-state index >= 15 is 0 Å². The lowest BCUT2D eigenvalue weighted by Crippen LogP contribution is -2.49. The smallest absolute Gasteiger partial charge is 0.322 e. The highest BCUT2D eigenvalue weighted by atomic mass is 16.5. The monoisotopic (exact) mass is 348 g/mol. The SMILES string of the molecule is CC1CCCC(C)N1C(=O)COc1ccc(C(=O)NCC(=O)O)cc1. The number of likely N-dealkylation sites (tertiary alicyclic amines) is 1. The summed E-state index contributed by atoms with van der Waals surface area (Å²) in [4.78, 5) is 36.5. The van der Waals surface area contributed by atoms with Crippen molar-refractivity contribution in [3.8, 4) is 5.75 Å². The van der Waals surface area contributed by atoms with Crippen molar-refractivity contribution < 1.29 is 24.2 Å². The zero-order valence-corrected chi connectivity index (χ0v) is 14.5. The molecule has 1 heterocycles. The van der Waals surface area contributed by atoms with E-state index in [1.807, 2.05) is 4.90 Å². The summed E-state index contributed by atoms with van der Waals surface area (Å²) in [5.74, 6) is -1.13. The van der Waals surface area contributed by atoms with Gasteiger partial charge in [0.15, 0.2) is 6.61 Å². The van der Waals surface area contributed by atoms with Crippen LogP contribution < -0.4 is 10.1 Å². The van der Waals surface area contributed by atoms with E-state index in [1.54, 1.807) is 12.1 Å². The normalized spacial score (nSPS) is 20.0. The van der Waals surface area contributed by atoms with Gasteiger partial charge in [0.25, 0.3) is 11.8 Å². The molecule has 1 aromatic rings. The van der Waals surface area contributed by atoms with Crippen LogP contribution in [0.25, 0.3) is 0 Å². The number of aliphatic carboxylic acids is 1. The van der Waals surface area contributed by atoms with E-state index in [0.717, 1.165) is 19.3 Å². The Bertz CT molecular complexity index is 619. The van der Waals surface area contributed by atoms with E-state index in [1.165, 1.54) is 12.1 Å². The van der Waals surface area contributed by atoms with Gasteiger partial charge in [0.2, 0.25) is 0 Å². The van der Waals surface area contributed by atoms with E-state index in [2.05, 4.69) is 19.2 Å². The number of benzene rings is 1. The van der Waals surface area contributed by atoms with Gasteiger partial charge in [-0.1, -0.05) is 0 Å². The first-order valence-electron chi connectivity index (χ1n) is 8.42. The largest absolute Gasteiger partial charge is 0.484 e. The molecule has 2 amide bonds. The second-order valence-corrected chi connectivity index (χ2v) is 6.32. The molecule has 25 heavy (non-hydrogen) atoms. The number of hydrogen-bond donors (Lipinski definition) is 2. The second-order valence-electron chi connectivity index (χ2n) is 6.32. The van der Waals surface area contributed by atoms with Gasteiger partial charge in [-0.2, -0.15) is 0 Å². The van der Waals surface area contributed by atoms with Gasteiger partial charge in [-0.25, -0.2) is 0 Å². The molecule has 0 aromatic heterocycles. The first-order valence-corrected chi connectivity index (χ1v) is 8.42. The Morgan fingerprint density at radius 3 is 2.32 bits per heavy atom. The highest BCUT2D eigenvalue weighted by molar-refractivity contribution is 5.95. The first kappa shape index (κ1) is 18.8. The van der Waals surface area contributed by atoms with Crippen molar-refractivity contribution in [2.45, 2.75) is 45.2 Å². The minimum Gasteiger partial charge on any atom is -0.484 e. The zero-order valence-electron chi connectivity index (χ0n) is 14.5. The van der Waals surface area contributed by atoms with Crippen molar-refractivity contribution >= 4 is 17.8 Å². The molecule has 7 heteroatoms. The Hall–Kier alpha value is -2.57. The maximum Gasteiger partial charge on any atom is 0.322 e. The van der Waals surface area contributed by atoms with Crippen molar-refractivity contribution in [3.05, 3.63) is 29.8 Å². The van der Waals surface area contributed by atoms with E-state index in [9.17, 15) is 14.4 Å². The van der Waals surface area contributed by atoms with Gasteiger partial charge < -0.3 is 20.1 Å². The molecule has 2 rings (SSSR count). The standard InChI is InChI=1S/C18H24N2O5/c1-12-4-3-5-13(2)20(12)16(21)11-25-15-8-6-14(7-9-15)18(24)19-10-17(22)23/h6-9,12-13H,3-5,10-11H2,1-2H3,(H,19,24)(H,22,23).